The quantitative estimate of drug-likeness (QED) is 0.0868. The van der Waals surface area contributed by atoms with E-state index in [1.165, 1.54) is 22.9 Å². The molecule has 0 spiro atoms. The molecule has 0 saturated carbocycles. The van der Waals surface area contributed by atoms with Crippen LogP contribution in [0.1, 0.15) is 48.4 Å². The van der Waals surface area contributed by atoms with E-state index in [9.17, 15) is 33.2 Å². The number of ether oxygens (including phenoxy) is 3. The number of nitro benzene ring substituents is 1. The minimum absolute atomic E-state index is 0.103. The van der Waals surface area contributed by atoms with Crippen molar-refractivity contribution < 1.29 is 42.2 Å². The first-order valence-electron chi connectivity index (χ1n) is 16.6. The van der Waals surface area contributed by atoms with Gasteiger partial charge in [-0.25, -0.2) is 0 Å². The molecule has 1 atom stereocenters. The van der Waals surface area contributed by atoms with Crippen molar-refractivity contribution in [2.24, 2.45) is 5.92 Å². The summed E-state index contributed by atoms with van der Waals surface area (Å²) in [6, 6.07) is 16.5. The molecule has 1 N–H and O–H groups in total. The maximum absolute atomic E-state index is 15.0. The summed E-state index contributed by atoms with van der Waals surface area (Å²) in [6.07, 6.45) is -1.36. The van der Waals surface area contributed by atoms with Crippen LogP contribution in [0, 0.1) is 16.0 Å². The van der Waals surface area contributed by atoms with Gasteiger partial charge in [0.25, 0.3) is 5.69 Å². The fraction of sp³-hybridized carbons (Fsp3) is 0.432. The van der Waals surface area contributed by atoms with Crippen molar-refractivity contribution >= 4 is 22.6 Å². The summed E-state index contributed by atoms with van der Waals surface area (Å²) in [5.74, 6) is 1.06. The molecule has 1 unspecified atom stereocenters. The summed E-state index contributed by atoms with van der Waals surface area (Å²) in [4.78, 5) is 24.5. The van der Waals surface area contributed by atoms with Gasteiger partial charge in [-0.05, 0) is 80.9 Å². The van der Waals surface area contributed by atoms with Gasteiger partial charge in [0, 0.05) is 54.4 Å². The Balaban J connectivity index is 1.35. The number of aryl methyl sites for hydroxylation is 1. The number of aliphatic hydroxyl groups is 1. The first-order chi connectivity index (χ1) is 23.9. The minimum atomic E-state index is -5.03. The summed E-state index contributed by atoms with van der Waals surface area (Å²) < 4.78 is 62.8. The Bertz CT molecular complexity index is 1780. The second-order valence-electron chi connectivity index (χ2n) is 12.7. The van der Waals surface area contributed by atoms with Gasteiger partial charge in [0.1, 0.15) is 11.5 Å². The number of carbonyl (C=O) groups excluding carboxylic acids is 1. The number of nitrogens with zero attached hydrogens (tertiary/aromatic N) is 3. The molecule has 50 heavy (non-hydrogen) atoms. The van der Waals surface area contributed by atoms with Crippen molar-refractivity contribution in [3.05, 3.63) is 99.2 Å². The van der Waals surface area contributed by atoms with Crippen LogP contribution >= 0.6 is 0 Å². The number of carbonyl (C=O) groups is 1. The Kier molecular flexibility index (Phi) is 11.4. The van der Waals surface area contributed by atoms with Crippen molar-refractivity contribution in [1.82, 2.24) is 9.47 Å². The van der Waals surface area contributed by atoms with Crippen molar-refractivity contribution in [2.75, 3.05) is 40.5 Å². The number of piperidine rings is 1. The summed E-state index contributed by atoms with van der Waals surface area (Å²) in [5, 5.41) is 23.3. The number of nitro groups is 1. The third-order valence-electron chi connectivity index (χ3n) is 9.43. The molecule has 1 aromatic heterocycles. The Morgan fingerprint density at radius 3 is 2.24 bits per heavy atom. The van der Waals surface area contributed by atoms with Crippen LogP contribution in [-0.4, -0.2) is 72.1 Å². The van der Waals surface area contributed by atoms with Crippen LogP contribution in [0.5, 0.6) is 11.5 Å². The van der Waals surface area contributed by atoms with Gasteiger partial charge in [-0.3, -0.25) is 19.8 Å². The number of aromatic nitrogens is 1. The lowest BCUT2D eigenvalue weighted by molar-refractivity contribution is -0.384. The molecule has 0 radical (unpaired) electrons. The third-order valence-corrected chi connectivity index (χ3v) is 9.43. The minimum Gasteiger partial charge on any atom is -0.496 e. The third kappa shape index (κ3) is 8.05. The number of esters is 1. The fourth-order valence-electron chi connectivity index (χ4n) is 6.79. The van der Waals surface area contributed by atoms with Crippen LogP contribution in [0.4, 0.5) is 18.9 Å². The van der Waals surface area contributed by atoms with Crippen LogP contribution < -0.4 is 9.47 Å². The van der Waals surface area contributed by atoms with E-state index < -0.39 is 23.2 Å². The zero-order valence-corrected chi connectivity index (χ0v) is 28.4. The van der Waals surface area contributed by atoms with Crippen molar-refractivity contribution in [2.45, 2.75) is 57.3 Å². The molecule has 1 aliphatic heterocycles. The average molecular weight is 698 g/mol. The average Bonchev–Trinajstić information content (AvgIpc) is 3.46. The van der Waals surface area contributed by atoms with E-state index >= 15 is 0 Å². The normalized spacial score (nSPS) is 15.5. The number of non-ortho nitro benzene ring substituents is 1. The van der Waals surface area contributed by atoms with Gasteiger partial charge in [-0.15, -0.1) is 0 Å². The Morgan fingerprint density at radius 2 is 1.66 bits per heavy atom. The highest BCUT2D eigenvalue weighted by molar-refractivity contribution is 5.87. The summed E-state index contributed by atoms with van der Waals surface area (Å²) in [7, 11) is 3.12. The van der Waals surface area contributed by atoms with Crippen LogP contribution in [0.3, 0.4) is 0 Å². The van der Waals surface area contributed by atoms with E-state index in [2.05, 4.69) is 0 Å². The molecule has 1 aliphatic rings. The molecule has 0 aliphatic carbocycles. The smallest absolute Gasteiger partial charge is 0.422 e. The molecule has 1 saturated heterocycles. The van der Waals surface area contributed by atoms with Crippen molar-refractivity contribution in [1.29, 1.82) is 0 Å². The number of hydrogen-bond donors (Lipinski definition) is 1. The zero-order valence-electron chi connectivity index (χ0n) is 28.4. The summed E-state index contributed by atoms with van der Waals surface area (Å²) in [5.41, 5.74) is -1.10. The second-order valence-corrected chi connectivity index (χ2v) is 12.7. The van der Waals surface area contributed by atoms with Gasteiger partial charge < -0.3 is 23.9 Å². The zero-order chi connectivity index (χ0) is 36.1. The van der Waals surface area contributed by atoms with Crippen molar-refractivity contribution in [3.63, 3.8) is 0 Å². The number of fused-ring (bicyclic) bond motifs is 1. The number of likely N-dealkylation sites (tertiary alicyclic amines) is 1. The number of β-amino-alcohol motifs (C(OH)–C–C–N with tert-alkyl or cyclic N) is 1. The van der Waals surface area contributed by atoms with E-state index in [0.29, 0.717) is 56.9 Å². The molecule has 13 heteroatoms. The standard InChI is InChI=1S/C37H42F3N3O7/c1-4-50-35(44)13-10-27-19-33(48-2)30(34(20-27)49-3)18-25-14-16-41(17-15-25)24-36(45,37(38,39)40)31-23-42(22-26-8-6-5-7-9-26)32-21-28(43(46)47)11-12-29(31)32/h5-9,11-12,19-21,23,25,45H,4,10,13-18,22,24H2,1-3H3. The van der Waals surface area contributed by atoms with Gasteiger partial charge >= 0.3 is 12.1 Å². The second kappa shape index (κ2) is 15.5. The molecule has 268 valence electrons. The van der Waals surface area contributed by atoms with E-state index in [4.69, 9.17) is 14.2 Å². The largest absolute Gasteiger partial charge is 0.496 e. The van der Waals surface area contributed by atoms with Gasteiger partial charge in [0.15, 0.2) is 0 Å². The van der Waals surface area contributed by atoms with Crippen LogP contribution in [0.15, 0.2) is 66.9 Å². The number of rotatable bonds is 14. The maximum atomic E-state index is 15.0. The highest BCUT2D eigenvalue weighted by Crippen LogP contribution is 2.45. The lowest BCUT2D eigenvalue weighted by atomic mass is 9.87. The topological polar surface area (TPSA) is 116 Å². The lowest BCUT2D eigenvalue weighted by Crippen LogP contribution is -2.52. The molecule has 0 amide bonds. The number of halogens is 3. The number of hydrogen-bond acceptors (Lipinski definition) is 8. The van der Waals surface area contributed by atoms with E-state index in [-0.39, 0.29) is 47.0 Å². The molecular formula is C37H42F3N3O7. The Hall–Kier alpha value is -4.62. The van der Waals surface area contributed by atoms with Crippen LogP contribution in [-0.2, 0) is 34.5 Å². The summed E-state index contributed by atoms with van der Waals surface area (Å²) >= 11 is 0. The first kappa shape index (κ1) is 36.7. The van der Waals surface area contributed by atoms with E-state index in [0.717, 1.165) is 22.8 Å². The van der Waals surface area contributed by atoms with Crippen LogP contribution in [0.2, 0.25) is 0 Å². The highest BCUT2D eigenvalue weighted by Gasteiger charge is 2.57. The highest BCUT2D eigenvalue weighted by atomic mass is 19.4. The molecule has 5 rings (SSSR count). The molecule has 2 heterocycles. The van der Waals surface area contributed by atoms with Gasteiger partial charge in [-0.1, -0.05) is 30.3 Å². The number of methoxy groups -OCH3 is 2. The fourth-order valence-corrected chi connectivity index (χ4v) is 6.79. The number of benzene rings is 3. The van der Waals surface area contributed by atoms with Crippen LogP contribution in [0.25, 0.3) is 10.9 Å². The predicted octanol–water partition coefficient (Wildman–Crippen LogP) is 6.82. The molecule has 1 fully saturated rings. The first-order valence-corrected chi connectivity index (χ1v) is 16.6. The maximum Gasteiger partial charge on any atom is 0.422 e. The molecule has 10 nitrogen and oxygen atoms in total. The van der Waals surface area contributed by atoms with Gasteiger partial charge in [-0.2, -0.15) is 13.2 Å². The molecule has 0 bridgehead atoms. The lowest BCUT2D eigenvalue weighted by Gasteiger charge is -2.39. The summed E-state index contributed by atoms with van der Waals surface area (Å²) in [6.45, 7) is 2.18. The Labute approximate surface area is 288 Å². The molecular weight excluding hydrogens is 655 g/mol. The van der Waals surface area contributed by atoms with Crippen molar-refractivity contribution in [3.8, 4) is 11.5 Å². The van der Waals surface area contributed by atoms with Gasteiger partial charge in [0.2, 0.25) is 5.60 Å². The Morgan fingerprint density at radius 1 is 1.00 bits per heavy atom. The monoisotopic (exact) mass is 697 g/mol. The van der Waals surface area contributed by atoms with E-state index in [1.54, 1.807) is 38.2 Å². The predicted molar refractivity (Wildman–Crippen MR) is 181 cm³/mol. The number of alkyl halides is 3. The SMILES string of the molecule is CCOC(=O)CCc1cc(OC)c(CC2CCN(CC(O)(c3cn(Cc4ccccc4)c4cc([N+](=O)[O-])ccc34)C(F)(F)F)CC2)c(OC)c1. The van der Waals surface area contributed by atoms with Gasteiger partial charge in [0.05, 0.1) is 31.3 Å². The molecule has 4 aromatic rings. The molecule has 3 aromatic carbocycles. The van der Waals surface area contributed by atoms with E-state index in [1.807, 2.05) is 30.3 Å².